The molecule has 1 saturated carbocycles. The molecule has 2 fully saturated rings. The second-order valence-electron chi connectivity index (χ2n) is 8.00. The normalized spacial score (nSPS) is 33.5. The van der Waals surface area contributed by atoms with Gasteiger partial charge in [0, 0.05) is 0 Å². The summed E-state index contributed by atoms with van der Waals surface area (Å²) in [6, 6.07) is 6.67. The van der Waals surface area contributed by atoms with Gasteiger partial charge in [0.15, 0.2) is 4.33 Å². The predicted octanol–water partition coefficient (Wildman–Crippen LogP) is 6.60. The number of carbonyl (C=O) groups excluding carboxylic acids is 2. The summed E-state index contributed by atoms with van der Waals surface area (Å²) in [5, 5.41) is -0.209. The Morgan fingerprint density at radius 1 is 0.871 bits per heavy atom. The van der Waals surface area contributed by atoms with Crippen molar-refractivity contribution in [2.45, 2.75) is 46.7 Å². The molecular formula is C21H19Cl6NO3. The summed E-state index contributed by atoms with van der Waals surface area (Å²) < 4.78 is 3.79. The maximum atomic E-state index is 13.3. The average Bonchev–Trinajstić information content (AvgIpc) is 3.12. The van der Waals surface area contributed by atoms with Crippen LogP contribution in [0.4, 0.5) is 5.69 Å². The van der Waals surface area contributed by atoms with Crippen LogP contribution < -0.4 is 9.64 Å². The molecular weight excluding hydrogens is 527 g/mol. The Kier molecular flexibility index (Phi) is 6.25. The Balaban J connectivity index is 1.58. The Labute approximate surface area is 210 Å². The van der Waals surface area contributed by atoms with Crippen LogP contribution in [0.3, 0.4) is 0 Å². The van der Waals surface area contributed by atoms with E-state index in [1.54, 1.807) is 24.3 Å². The number of hydrogen-bond acceptors (Lipinski definition) is 3. The van der Waals surface area contributed by atoms with Crippen LogP contribution in [-0.4, -0.2) is 32.5 Å². The lowest BCUT2D eigenvalue weighted by Crippen LogP contribution is -2.50. The van der Waals surface area contributed by atoms with Crippen LogP contribution >= 0.6 is 69.6 Å². The molecule has 2 aliphatic carbocycles. The van der Waals surface area contributed by atoms with E-state index < -0.39 is 37.7 Å². The zero-order valence-corrected chi connectivity index (χ0v) is 21.0. The van der Waals surface area contributed by atoms with Gasteiger partial charge in [0.1, 0.15) is 15.5 Å². The Morgan fingerprint density at radius 3 is 1.87 bits per heavy atom. The van der Waals surface area contributed by atoms with Crippen LogP contribution in [0.25, 0.3) is 0 Å². The molecule has 4 nitrogen and oxygen atoms in total. The van der Waals surface area contributed by atoms with Crippen LogP contribution in [0, 0.1) is 11.8 Å². The van der Waals surface area contributed by atoms with E-state index in [1.807, 2.05) is 0 Å². The molecule has 1 heterocycles. The van der Waals surface area contributed by atoms with Crippen LogP contribution in [-0.2, 0) is 9.59 Å². The third kappa shape index (κ3) is 3.02. The first-order valence-corrected chi connectivity index (χ1v) is 12.2. The zero-order valence-electron chi connectivity index (χ0n) is 16.4. The predicted molar refractivity (Wildman–Crippen MR) is 126 cm³/mol. The molecule has 0 aromatic heterocycles. The van der Waals surface area contributed by atoms with Gasteiger partial charge in [-0.2, -0.15) is 0 Å². The van der Waals surface area contributed by atoms with Gasteiger partial charge in [-0.05, 0) is 30.7 Å². The van der Waals surface area contributed by atoms with Crippen molar-refractivity contribution in [2.24, 2.45) is 11.8 Å². The fourth-order valence-corrected chi connectivity index (χ4v) is 7.59. The van der Waals surface area contributed by atoms with Crippen molar-refractivity contribution in [1.82, 2.24) is 0 Å². The summed E-state index contributed by atoms with van der Waals surface area (Å²) in [7, 11) is 0. The number of allylic oxidation sites excluding steroid dienone is 2. The second-order valence-corrected chi connectivity index (χ2v) is 11.3. The molecule has 4 atom stereocenters. The molecule has 0 unspecified atom stereocenters. The molecule has 1 aliphatic heterocycles. The summed E-state index contributed by atoms with van der Waals surface area (Å²) >= 11 is 39.0. The van der Waals surface area contributed by atoms with E-state index in [0.29, 0.717) is 18.0 Å². The van der Waals surface area contributed by atoms with Crippen molar-refractivity contribution in [3.8, 4) is 5.75 Å². The fraction of sp³-hybridized carbons (Fsp3) is 0.524. The SMILES string of the molecule is CCCCCCOc1ccc(N2C(=O)[C@@H]3[C@H](C2=O)[C@]2(Cl)C(Cl)=C(Cl)[C@]3(Cl)C2(Cl)Cl)cc1. The highest BCUT2D eigenvalue weighted by Gasteiger charge is 2.87. The molecule has 1 aromatic rings. The topological polar surface area (TPSA) is 46.6 Å². The molecule has 10 heteroatoms. The molecule has 4 rings (SSSR count). The molecule has 0 radical (unpaired) electrons. The number of benzene rings is 1. The molecule has 2 bridgehead atoms. The molecule has 0 spiro atoms. The van der Waals surface area contributed by atoms with Gasteiger partial charge in [-0.1, -0.05) is 72.6 Å². The Bertz CT molecular complexity index is 918. The lowest BCUT2D eigenvalue weighted by molar-refractivity contribution is -0.123. The second kappa shape index (κ2) is 8.14. The number of rotatable bonds is 7. The number of ether oxygens (including phenoxy) is 1. The maximum absolute atomic E-state index is 13.3. The van der Waals surface area contributed by atoms with E-state index in [4.69, 9.17) is 74.3 Å². The minimum absolute atomic E-state index is 0.105. The van der Waals surface area contributed by atoms with Crippen molar-refractivity contribution in [3.63, 3.8) is 0 Å². The number of nitrogens with zero attached hydrogens (tertiary/aromatic N) is 1. The first-order valence-electron chi connectivity index (χ1n) is 9.97. The maximum Gasteiger partial charge on any atom is 0.240 e. The summed E-state index contributed by atoms with van der Waals surface area (Å²) in [5.41, 5.74) is 0.365. The third-order valence-corrected chi connectivity index (χ3v) is 10.5. The molecule has 0 N–H and O–H groups in total. The highest BCUT2D eigenvalue weighted by molar-refractivity contribution is 6.67. The van der Waals surface area contributed by atoms with E-state index in [9.17, 15) is 9.59 Å². The Hall–Kier alpha value is -0.360. The summed E-state index contributed by atoms with van der Waals surface area (Å²) in [4.78, 5) is 24.1. The van der Waals surface area contributed by atoms with Gasteiger partial charge in [-0.3, -0.25) is 9.59 Å². The monoisotopic (exact) mass is 543 g/mol. The van der Waals surface area contributed by atoms with Crippen LogP contribution in [0.15, 0.2) is 34.3 Å². The highest BCUT2D eigenvalue weighted by atomic mass is 35.5. The van der Waals surface area contributed by atoms with Gasteiger partial charge in [0.2, 0.25) is 11.8 Å². The zero-order chi connectivity index (χ0) is 22.8. The van der Waals surface area contributed by atoms with Crippen molar-refractivity contribution in [2.75, 3.05) is 11.5 Å². The molecule has 1 aromatic carbocycles. The minimum Gasteiger partial charge on any atom is -0.494 e. The van der Waals surface area contributed by atoms with E-state index in [-0.39, 0.29) is 10.1 Å². The van der Waals surface area contributed by atoms with Crippen LogP contribution in [0.2, 0.25) is 0 Å². The number of fused-ring (bicyclic) bond motifs is 5. The Morgan fingerprint density at radius 2 is 1.39 bits per heavy atom. The smallest absolute Gasteiger partial charge is 0.240 e. The molecule has 3 aliphatic rings. The van der Waals surface area contributed by atoms with Crippen molar-refractivity contribution in [1.29, 1.82) is 0 Å². The van der Waals surface area contributed by atoms with Gasteiger partial charge >= 0.3 is 0 Å². The first kappa shape index (κ1) is 23.8. The molecule has 2 amide bonds. The minimum atomic E-state index is -1.93. The fourth-order valence-electron chi connectivity index (χ4n) is 4.66. The first-order chi connectivity index (χ1) is 14.5. The molecule has 31 heavy (non-hydrogen) atoms. The van der Waals surface area contributed by atoms with Gasteiger partial charge in [0.05, 0.1) is 34.2 Å². The summed E-state index contributed by atoms with van der Waals surface area (Å²) in [6.45, 7) is 2.75. The number of unbranched alkanes of at least 4 members (excludes halogenated alkanes) is 3. The quantitative estimate of drug-likeness (QED) is 0.220. The van der Waals surface area contributed by atoms with E-state index in [0.717, 1.165) is 24.2 Å². The highest BCUT2D eigenvalue weighted by Crippen LogP contribution is 2.77. The number of anilines is 1. The van der Waals surface area contributed by atoms with Crippen molar-refractivity contribution in [3.05, 3.63) is 34.3 Å². The molecule has 168 valence electrons. The number of halogens is 6. The van der Waals surface area contributed by atoms with Gasteiger partial charge in [-0.25, -0.2) is 4.90 Å². The third-order valence-electron chi connectivity index (χ3n) is 6.27. The van der Waals surface area contributed by atoms with Gasteiger partial charge in [0.25, 0.3) is 0 Å². The average molecular weight is 546 g/mol. The number of amides is 2. The number of carbonyl (C=O) groups is 2. The van der Waals surface area contributed by atoms with E-state index in [2.05, 4.69) is 6.92 Å². The van der Waals surface area contributed by atoms with Gasteiger partial charge < -0.3 is 4.74 Å². The molecule has 1 saturated heterocycles. The van der Waals surface area contributed by atoms with Crippen molar-refractivity contribution < 1.29 is 14.3 Å². The standard InChI is InChI=1S/C21H19Cl6NO3/c1-2-3-4-5-10-31-12-8-6-11(7-9-12)28-17(29)13-14(18(28)30)20(25)16(23)15(22)19(13,24)21(20,26)27/h6-9,13-14H,2-5,10H2,1H3/t13-,14+,19-,20-/m0/s1. The van der Waals surface area contributed by atoms with Crippen LogP contribution in [0.5, 0.6) is 5.75 Å². The van der Waals surface area contributed by atoms with Gasteiger partial charge in [-0.15, -0.1) is 23.2 Å². The van der Waals surface area contributed by atoms with E-state index >= 15 is 0 Å². The largest absolute Gasteiger partial charge is 0.494 e. The van der Waals surface area contributed by atoms with Crippen molar-refractivity contribution >= 4 is 87.1 Å². The number of alkyl halides is 4. The number of hydrogen-bond donors (Lipinski definition) is 0. The van der Waals surface area contributed by atoms with E-state index in [1.165, 1.54) is 6.42 Å². The lowest BCUT2D eigenvalue weighted by Gasteiger charge is -2.34. The summed E-state index contributed by atoms with van der Waals surface area (Å²) in [5.74, 6) is -2.78. The number of imide groups is 1. The lowest BCUT2D eigenvalue weighted by atomic mass is 9.84. The van der Waals surface area contributed by atoms with Crippen LogP contribution in [0.1, 0.15) is 32.6 Å². The summed E-state index contributed by atoms with van der Waals surface area (Å²) in [6.07, 6.45) is 4.39.